The molecule has 2 aliphatic rings. The molecule has 6 aromatic carbocycles. The molecular weight excluding hydrogens is 984 g/mol. The van der Waals surface area contributed by atoms with Gasteiger partial charge in [-0.2, -0.15) is 0 Å². The van der Waals surface area contributed by atoms with Gasteiger partial charge in [0.1, 0.15) is 6.54 Å². The number of fused-ring (bicyclic) bond motifs is 2. The molecule has 0 aliphatic carbocycles. The SMILES string of the molecule is CN(Cc1ccc(NC(=O)c2cn(Cc3ccccc3)c3ccccc23)cc1)C1CCOCC1.C[N+](C)(Cc1ccc(NC(=O)c2cn(Cc3ccccc3)c3ccccc23)cc1)C1CCOCC1.[I-]. The summed E-state index contributed by atoms with van der Waals surface area (Å²) >= 11 is 0. The maximum absolute atomic E-state index is 13.3. The van der Waals surface area contributed by atoms with Crippen molar-refractivity contribution in [3.8, 4) is 0 Å². The standard InChI is InChI=1S/C30H33N3O2.C29H31N3O2.HI/c1-33(2,26-16-18-35-19-17-26)22-24-12-14-25(15-13-24)31-30(34)28-21-32(20-23-8-4-3-5-9-23)29-11-7-6-10-27(28)29;1-31(25-15-17-34-18-16-25)19-23-11-13-24(14-12-23)30-29(33)27-21-32(20-22-7-3-2-4-8-22)28-10-6-5-9-26(27)28;/h3-15,21,26H,16-20,22H2,1-2H3;2-14,21,25H,15-20H2,1H3,(H,30,33);1H. The second kappa shape index (κ2) is 23.7. The van der Waals surface area contributed by atoms with Gasteiger partial charge in [0.2, 0.25) is 0 Å². The Bertz CT molecular complexity index is 2940. The van der Waals surface area contributed by atoms with Crippen molar-refractivity contribution >= 4 is 45.0 Å². The van der Waals surface area contributed by atoms with Gasteiger partial charge in [-0.05, 0) is 73.0 Å². The molecule has 0 spiro atoms. The number of ether oxygens (including phenoxy) is 2. The van der Waals surface area contributed by atoms with E-state index in [9.17, 15) is 9.59 Å². The maximum Gasteiger partial charge on any atom is 0.257 e. The highest BCUT2D eigenvalue weighted by molar-refractivity contribution is 6.14. The molecule has 362 valence electrons. The Labute approximate surface area is 429 Å². The molecule has 10 nitrogen and oxygen atoms in total. The molecule has 2 N–H and O–H groups in total. The summed E-state index contributed by atoms with van der Waals surface area (Å²) in [6, 6.07) is 54.5. The quantitative estimate of drug-likeness (QED) is 0.0847. The van der Waals surface area contributed by atoms with Crippen LogP contribution < -0.4 is 34.6 Å². The number of aromatic nitrogens is 2. The van der Waals surface area contributed by atoms with E-state index in [1.54, 1.807) is 0 Å². The van der Waals surface area contributed by atoms with Gasteiger partial charge in [-0.25, -0.2) is 0 Å². The number of anilines is 2. The molecule has 2 aromatic heterocycles. The largest absolute Gasteiger partial charge is 1.00 e. The van der Waals surface area contributed by atoms with Crippen LogP contribution in [0.5, 0.6) is 0 Å². The predicted octanol–water partition coefficient (Wildman–Crippen LogP) is 8.25. The fourth-order valence-electron chi connectivity index (χ4n) is 9.99. The van der Waals surface area contributed by atoms with E-state index in [-0.39, 0.29) is 35.8 Å². The van der Waals surface area contributed by atoms with Gasteiger partial charge in [0.05, 0.1) is 44.5 Å². The summed E-state index contributed by atoms with van der Waals surface area (Å²) in [7, 11) is 6.78. The van der Waals surface area contributed by atoms with E-state index in [2.05, 4.69) is 106 Å². The topological polar surface area (TPSA) is 89.8 Å². The highest BCUT2D eigenvalue weighted by atomic mass is 127. The third-order valence-corrected chi connectivity index (χ3v) is 13.9. The van der Waals surface area contributed by atoms with E-state index in [1.807, 2.05) is 109 Å². The molecule has 4 heterocycles. The Balaban J connectivity index is 0.000000186. The van der Waals surface area contributed by atoms with Gasteiger partial charge in [-0.3, -0.25) is 14.5 Å². The number of para-hydroxylation sites is 2. The Hall–Kier alpha value is -6.09. The van der Waals surface area contributed by atoms with Crippen LogP contribution >= 0.6 is 0 Å². The first-order valence-electron chi connectivity index (χ1n) is 24.4. The second-order valence-corrected chi connectivity index (χ2v) is 19.2. The van der Waals surface area contributed by atoms with Crippen molar-refractivity contribution in [2.24, 2.45) is 0 Å². The lowest BCUT2D eigenvalue weighted by Gasteiger charge is -2.40. The van der Waals surface area contributed by atoms with Crippen LogP contribution in [0.2, 0.25) is 0 Å². The van der Waals surface area contributed by atoms with Crippen molar-refractivity contribution in [3.05, 3.63) is 203 Å². The first-order chi connectivity index (χ1) is 33.7. The minimum absolute atomic E-state index is 0. The Morgan fingerprint density at radius 1 is 0.543 bits per heavy atom. The molecule has 2 fully saturated rings. The van der Waals surface area contributed by atoms with Gasteiger partial charge in [0.25, 0.3) is 11.8 Å². The first kappa shape index (κ1) is 50.3. The Morgan fingerprint density at radius 2 is 0.957 bits per heavy atom. The van der Waals surface area contributed by atoms with Crippen LogP contribution in [0.25, 0.3) is 21.8 Å². The van der Waals surface area contributed by atoms with Gasteiger partial charge in [0, 0.05) is 103 Å². The van der Waals surface area contributed by atoms with E-state index >= 15 is 0 Å². The number of halogens is 1. The van der Waals surface area contributed by atoms with Gasteiger partial charge < -0.3 is 57.7 Å². The lowest BCUT2D eigenvalue weighted by Crippen LogP contribution is -3.00. The molecular formula is C59H65IN6O4. The molecule has 11 heteroatoms. The molecule has 10 rings (SSSR count). The van der Waals surface area contributed by atoms with E-state index in [0.717, 1.165) is 116 Å². The lowest BCUT2D eigenvalue weighted by atomic mass is 10.0. The van der Waals surface area contributed by atoms with Crippen LogP contribution in [-0.4, -0.2) is 90.0 Å². The maximum atomic E-state index is 13.3. The number of benzene rings is 6. The fourth-order valence-corrected chi connectivity index (χ4v) is 9.99. The minimum atomic E-state index is -0.0879. The molecule has 0 bridgehead atoms. The monoisotopic (exact) mass is 1050 g/mol. The van der Waals surface area contributed by atoms with Crippen molar-refractivity contribution < 1.29 is 47.5 Å². The zero-order valence-electron chi connectivity index (χ0n) is 40.6. The smallest absolute Gasteiger partial charge is 0.257 e. The van der Waals surface area contributed by atoms with E-state index in [0.29, 0.717) is 23.2 Å². The van der Waals surface area contributed by atoms with Gasteiger partial charge in [0.15, 0.2) is 0 Å². The van der Waals surface area contributed by atoms with E-state index in [1.165, 1.54) is 22.3 Å². The summed E-state index contributed by atoms with van der Waals surface area (Å²) in [5.41, 5.74) is 10.1. The molecule has 70 heavy (non-hydrogen) atoms. The van der Waals surface area contributed by atoms with E-state index in [4.69, 9.17) is 9.47 Å². The molecule has 8 aromatic rings. The van der Waals surface area contributed by atoms with Crippen LogP contribution in [0.15, 0.2) is 170 Å². The summed E-state index contributed by atoms with van der Waals surface area (Å²) in [4.78, 5) is 28.9. The predicted molar refractivity (Wildman–Crippen MR) is 279 cm³/mol. The van der Waals surface area contributed by atoms with Gasteiger partial charge in [-0.15, -0.1) is 0 Å². The van der Waals surface area contributed by atoms with Crippen LogP contribution in [0, 0.1) is 0 Å². The lowest BCUT2D eigenvalue weighted by molar-refractivity contribution is -0.929. The van der Waals surface area contributed by atoms with Gasteiger partial charge in [-0.1, -0.05) is 121 Å². The number of nitrogens with zero attached hydrogens (tertiary/aromatic N) is 4. The third kappa shape index (κ3) is 12.6. The first-order valence-corrected chi connectivity index (χ1v) is 24.4. The number of quaternary nitrogens is 1. The summed E-state index contributed by atoms with van der Waals surface area (Å²) in [5, 5.41) is 8.13. The summed E-state index contributed by atoms with van der Waals surface area (Å²) < 4.78 is 16.3. The molecule has 0 atom stereocenters. The summed E-state index contributed by atoms with van der Waals surface area (Å²) in [6.07, 6.45) is 8.32. The molecule has 0 radical (unpaired) electrons. The fraction of sp³-hybridized carbons (Fsp3) is 0.288. The number of amides is 2. The third-order valence-electron chi connectivity index (χ3n) is 13.9. The van der Waals surface area contributed by atoms with Crippen LogP contribution in [0.1, 0.15) is 68.7 Å². The number of hydrogen-bond acceptors (Lipinski definition) is 5. The highest BCUT2D eigenvalue weighted by Gasteiger charge is 2.30. The Morgan fingerprint density at radius 3 is 1.43 bits per heavy atom. The molecule has 2 saturated heterocycles. The summed E-state index contributed by atoms with van der Waals surface area (Å²) in [6.45, 7) is 6.73. The molecule has 2 amide bonds. The van der Waals surface area contributed by atoms with Crippen molar-refractivity contribution in [2.45, 2.75) is 63.9 Å². The minimum Gasteiger partial charge on any atom is -1.00 e. The normalized spacial score (nSPS) is 14.5. The zero-order valence-corrected chi connectivity index (χ0v) is 42.8. The number of hydrogen-bond donors (Lipinski definition) is 2. The number of carbonyl (C=O) groups excluding carboxylic acids is 2. The highest BCUT2D eigenvalue weighted by Crippen LogP contribution is 2.27. The number of carbonyl (C=O) groups is 2. The van der Waals surface area contributed by atoms with Crippen molar-refractivity contribution in [1.82, 2.24) is 14.0 Å². The van der Waals surface area contributed by atoms with E-state index < -0.39 is 0 Å². The van der Waals surface area contributed by atoms with Crippen LogP contribution in [-0.2, 0) is 35.7 Å². The van der Waals surface area contributed by atoms with Crippen LogP contribution in [0.4, 0.5) is 11.4 Å². The van der Waals surface area contributed by atoms with Gasteiger partial charge >= 0.3 is 0 Å². The van der Waals surface area contributed by atoms with Crippen LogP contribution in [0.3, 0.4) is 0 Å². The van der Waals surface area contributed by atoms with Crippen molar-refractivity contribution in [3.63, 3.8) is 0 Å². The molecule has 0 unspecified atom stereocenters. The summed E-state index contributed by atoms with van der Waals surface area (Å²) in [5.74, 6) is -0.172. The average molecular weight is 1050 g/mol. The molecule has 0 saturated carbocycles. The zero-order chi connectivity index (χ0) is 47.6. The Kier molecular flexibility index (Phi) is 17.0. The number of rotatable bonds is 14. The van der Waals surface area contributed by atoms with Crippen molar-refractivity contribution in [2.75, 3.05) is 58.2 Å². The van der Waals surface area contributed by atoms with Crippen molar-refractivity contribution in [1.29, 1.82) is 0 Å². The molecule has 2 aliphatic heterocycles. The average Bonchev–Trinajstić information content (AvgIpc) is 3.94. The number of nitrogens with one attached hydrogen (secondary N) is 2. The second-order valence-electron chi connectivity index (χ2n) is 19.2.